The molecule has 3 nitrogen and oxygen atoms in total. The van der Waals surface area contributed by atoms with Gasteiger partial charge >= 0.3 is 6.18 Å². The van der Waals surface area contributed by atoms with E-state index in [2.05, 4.69) is 4.98 Å². The maximum atomic E-state index is 12.7. The van der Waals surface area contributed by atoms with Crippen molar-refractivity contribution in [2.24, 2.45) is 5.92 Å². The van der Waals surface area contributed by atoms with Gasteiger partial charge in [-0.3, -0.25) is 0 Å². The van der Waals surface area contributed by atoms with Crippen LogP contribution in [0.5, 0.6) is 0 Å². The summed E-state index contributed by atoms with van der Waals surface area (Å²) >= 11 is 6.01. The molecule has 1 fully saturated rings. The zero-order valence-corrected chi connectivity index (χ0v) is 10.9. The highest BCUT2D eigenvalue weighted by atomic mass is 35.5. The van der Waals surface area contributed by atoms with Crippen LogP contribution in [0.25, 0.3) is 0 Å². The Morgan fingerprint density at radius 2 is 2.21 bits per heavy atom. The lowest BCUT2D eigenvalue weighted by molar-refractivity contribution is -0.176. The second kappa shape index (κ2) is 5.54. The van der Waals surface area contributed by atoms with Gasteiger partial charge in [-0.1, -0.05) is 11.6 Å². The van der Waals surface area contributed by atoms with Gasteiger partial charge in [0, 0.05) is 19.3 Å². The van der Waals surface area contributed by atoms with Crippen molar-refractivity contribution < 1.29 is 18.3 Å². The molecule has 0 amide bonds. The van der Waals surface area contributed by atoms with Crippen molar-refractivity contribution in [2.75, 3.05) is 18.0 Å². The molecule has 1 aliphatic rings. The summed E-state index contributed by atoms with van der Waals surface area (Å²) in [5.74, 6) is -0.982. The van der Waals surface area contributed by atoms with Crippen LogP contribution in [0.1, 0.15) is 18.4 Å². The van der Waals surface area contributed by atoms with Crippen molar-refractivity contribution >= 4 is 17.4 Å². The number of pyridine rings is 1. The van der Waals surface area contributed by atoms with Crippen LogP contribution in [0.4, 0.5) is 19.0 Å². The molecular formula is C12H14ClF3N2O. The summed E-state index contributed by atoms with van der Waals surface area (Å²) in [7, 11) is 0. The molecule has 1 aromatic heterocycles. The molecule has 19 heavy (non-hydrogen) atoms. The van der Waals surface area contributed by atoms with Crippen molar-refractivity contribution in [3.8, 4) is 0 Å². The Morgan fingerprint density at radius 1 is 1.47 bits per heavy atom. The van der Waals surface area contributed by atoms with Crippen molar-refractivity contribution in [3.63, 3.8) is 0 Å². The number of aliphatic hydroxyl groups excluding tert-OH is 1. The first kappa shape index (κ1) is 14.4. The topological polar surface area (TPSA) is 36.4 Å². The summed E-state index contributed by atoms with van der Waals surface area (Å²) in [6.45, 7) is 0.199. The number of anilines is 1. The van der Waals surface area contributed by atoms with E-state index < -0.39 is 12.1 Å². The molecule has 2 rings (SSSR count). The Hall–Kier alpha value is -1.01. The number of hydrogen-bond donors (Lipinski definition) is 1. The highest BCUT2D eigenvalue weighted by Crippen LogP contribution is 2.36. The van der Waals surface area contributed by atoms with Crippen LogP contribution in [-0.4, -0.2) is 29.4 Å². The first-order valence-electron chi connectivity index (χ1n) is 5.98. The fourth-order valence-corrected chi connectivity index (χ4v) is 2.53. The average molecular weight is 295 g/mol. The third kappa shape index (κ3) is 3.30. The predicted octanol–water partition coefficient (Wildman–Crippen LogP) is 3.01. The number of piperidine rings is 1. The maximum Gasteiger partial charge on any atom is 0.393 e. The van der Waals surface area contributed by atoms with E-state index in [1.807, 2.05) is 0 Å². The van der Waals surface area contributed by atoms with E-state index in [-0.39, 0.29) is 24.6 Å². The van der Waals surface area contributed by atoms with Crippen LogP contribution in [0.3, 0.4) is 0 Å². The number of rotatable bonds is 2. The maximum absolute atomic E-state index is 12.7. The first-order valence-corrected chi connectivity index (χ1v) is 6.36. The minimum absolute atomic E-state index is 0.116. The van der Waals surface area contributed by atoms with E-state index in [0.717, 1.165) is 0 Å². The SMILES string of the molecule is OCc1cnc(N2CCCC(C(F)(F)F)C2)c(Cl)c1. The van der Waals surface area contributed by atoms with Crippen LogP contribution in [0.2, 0.25) is 5.02 Å². The molecule has 1 saturated heterocycles. The van der Waals surface area contributed by atoms with Gasteiger partial charge in [-0.25, -0.2) is 4.98 Å². The lowest BCUT2D eigenvalue weighted by Gasteiger charge is -2.34. The molecule has 7 heteroatoms. The highest BCUT2D eigenvalue weighted by molar-refractivity contribution is 6.33. The number of aromatic nitrogens is 1. The van der Waals surface area contributed by atoms with E-state index >= 15 is 0 Å². The highest BCUT2D eigenvalue weighted by Gasteiger charge is 2.42. The van der Waals surface area contributed by atoms with Gasteiger partial charge in [-0.2, -0.15) is 13.2 Å². The van der Waals surface area contributed by atoms with Gasteiger partial charge in [0.1, 0.15) is 5.82 Å². The molecule has 1 N–H and O–H groups in total. The minimum Gasteiger partial charge on any atom is -0.392 e. The third-order valence-corrected chi connectivity index (χ3v) is 3.52. The average Bonchev–Trinajstić information content (AvgIpc) is 2.37. The molecule has 106 valence electrons. The van der Waals surface area contributed by atoms with Crippen LogP contribution in [0.15, 0.2) is 12.3 Å². The minimum atomic E-state index is -4.18. The van der Waals surface area contributed by atoms with E-state index in [9.17, 15) is 13.2 Å². The Balaban J connectivity index is 2.17. The van der Waals surface area contributed by atoms with Crippen molar-refractivity contribution in [1.29, 1.82) is 0 Å². The van der Waals surface area contributed by atoms with Gasteiger partial charge in [0.25, 0.3) is 0 Å². The predicted molar refractivity (Wildman–Crippen MR) is 66.2 cm³/mol. The number of hydrogen-bond acceptors (Lipinski definition) is 3. The second-order valence-electron chi connectivity index (χ2n) is 4.63. The first-order chi connectivity index (χ1) is 8.91. The van der Waals surface area contributed by atoms with Gasteiger partial charge in [-0.15, -0.1) is 0 Å². The van der Waals surface area contributed by atoms with Crippen molar-refractivity contribution in [2.45, 2.75) is 25.6 Å². The summed E-state index contributed by atoms with van der Waals surface area (Å²) in [6, 6.07) is 1.53. The fraction of sp³-hybridized carbons (Fsp3) is 0.583. The molecule has 1 aromatic rings. The molecule has 0 aliphatic carbocycles. The van der Waals surface area contributed by atoms with Gasteiger partial charge < -0.3 is 10.0 Å². The monoisotopic (exact) mass is 294 g/mol. The molecular weight excluding hydrogens is 281 g/mol. The number of halogens is 4. The van der Waals surface area contributed by atoms with Gasteiger partial charge in [0.2, 0.25) is 0 Å². The Morgan fingerprint density at radius 3 is 2.79 bits per heavy atom. The number of alkyl halides is 3. The zero-order chi connectivity index (χ0) is 14.0. The van der Waals surface area contributed by atoms with Gasteiger partial charge in [0.05, 0.1) is 17.5 Å². The summed E-state index contributed by atoms with van der Waals surface area (Å²) in [6.07, 6.45) is -2.15. The quantitative estimate of drug-likeness (QED) is 0.911. The smallest absolute Gasteiger partial charge is 0.392 e. The Labute approximate surface area is 114 Å². The van der Waals surface area contributed by atoms with Crippen LogP contribution < -0.4 is 4.90 Å². The normalized spacial score (nSPS) is 20.7. The van der Waals surface area contributed by atoms with Crippen molar-refractivity contribution in [1.82, 2.24) is 4.98 Å². The molecule has 0 spiro atoms. The molecule has 1 aliphatic heterocycles. The summed E-state index contributed by atoms with van der Waals surface area (Å²) in [5, 5.41) is 9.22. The molecule has 0 aromatic carbocycles. The lowest BCUT2D eigenvalue weighted by Crippen LogP contribution is -2.42. The van der Waals surface area contributed by atoms with Gasteiger partial charge in [-0.05, 0) is 24.5 Å². The summed E-state index contributed by atoms with van der Waals surface area (Å²) in [4.78, 5) is 5.62. The largest absolute Gasteiger partial charge is 0.393 e. The Kier molecular flexibility index (Phi) is 4.20. The second-order valence-corrected chi connectivity index (χ2v) is 5.04. The number of nitrogens with zero attached hydrogens (tertiary/aromatic N) is 2. The molecule has 1 unspecified atom stereocenters. The van der Waals surface area contributed by atoms with E-state index in [0.29, 0.717) is 24.3 Å². The molecule has 1 atom stereocenters. The zero-order valence-electron chi connectivity index (χ0n) is 10.1. The van der Waals surface area contributed by atoms with E-state index in [1.165, 1.54) is 12.3 Å². The van der Waals surface area contributed by atoms with Crippen LogP contribution in [0, 0.1) is 5.92 Å². The Bertz CT molecular complexity index is 453. The lowest BCUT2D eigenvalue weighted by atomic mass is 9.97. The van der Waals surface area contributed by atoms with Crippen molar-refractivity contribution in [3.05, 3.63) is 22.8 Å². The van der Waals surface area contributed by atoms with Crippen LogP contribution in [-0.2, 0) is 6.61 Å². The molecule has 0 bridgehead atoms. The van der Waals surface area contributed by atoms with E-state index in [1.54, 1.807) is 4.90 Å². The molecule has 0 radical (unpaired) electrons. The fourth-order valence-electron chi connectivity index (χ4n) is 2.23. The van der Waals surface area contributed by atoms with Gasteiger partial charge in [0.15, 0.2) is 0 Å². The number of aliphatic hydroxyl groups is 1. The summed E-state index contributed by atoms with van der Waals surface area (Å²) < 4.78 is 38.2. The summed E-state index contributed by atoms with van der Waals surface area (Å²) in [5.41, 5.74) is 0.540. The van der Waals surface area contributed by atoms with Crippen LogP contribution >= 0.6 is 11.6 Å². The molecule has 2 heterocycles. The third-order valence-electron chi connectivity index (χ3n) is 3.24. The standard InChI is InChI=1S/C12H14ClF3N2O/c13-10-4-8(7-19)5-17-11(10)18-3-1-2-9(6-18)12(14,15)16/h4-5,9,19H,1-3,6-7H2. The molecule has 0 saturated carbocycles. The van der Waals surface area contributed by atoms with E-state index in [4.69, 9.17) is 16.7 Å².